The lowest BCUT2D eigenvalue weighted by Crippen LogP contribution is -2.46. The monoisotopic (exact) mass is 360 g/mol. The summed E-state index contributed by atoms with van der Waals surface area (Å²) in [4.78, 5) is 38.5. The van der Waals surface area contributed by atoms with Crippen LogP contribution < -0.4 is 16.4 Å². The molecule has 0 atom stereocenters. The maximum absolute atomic E-state index is 12.6. The number of nitrogens with one attached hydrogen (secondary N) is 2. The van der Waals surface area contributed by atoms with E-state index in [0.29, 0.717) is 42.2 Å². The molecule has 1 aromatic heterocycles. The first kappa shape index (κ1) is 18.2. The van der Waals surface area contributed by atoms with Crippen LogP contribution in [0.4, 0.5) is 0 Å². The summed E-state index contributed by atoms with van der Waals surface area (Å²) in [5.74, 6) is -0.607. The topological polar surface area (TPSA) is 96.6 Å². The summed E-state index contributed by atoms with van der Waals surface area (Å²) in [5.41, 5.74) is 1.30. The molecule has 2 N–H and O–H groups in total. The van der Waals surface area contributed by atoms with E-state index in [-0.39, 0.29) is 18.4 Å². The van der Waals surface area contributed by atoms with Crippen LogP contribution in [0, 0.1) is 5.92 Å². The molecule has 2 heterocycles. The molecule has 0 aliphatic carbocycles. The average molecular weight is 360 g/mol. The van der Waals surface area contributed by atoms with Crippen molar-refractivity contribution in [1.82, 2.24) is 20.1 Å². The van der Waals surface area contributed by atoms with Crippen molar-refractivity contribution in [3.8, 4) is 0 Å². The highest BCUT2D eigenvalue weighted by atomic mass is 16.4. The third kappa shape index (κ3) is 3.96. The minimum atomic E-state index is -0.605. The number of rotatable bonds is 5. The molecule has 8 nitrogen and oxygen atoms in total. The van der Waals surface area contributed by atoms with Gasteiger partial charge in [0, 0.05) is 38.3 Å². The molecule has 1 aromatic carbocycles. The van der Waals surface area contributed by atoms with Gasteiger partial charge in [-0.2, -0.15) is 0 Å². The molecule has 0 radical (unpaired) electrons. The lowest BCUT2D eigenvalue weighted by atomic mass is 10.1. The van der Waals surface area contributed by atoms with Crippen LogP contribution in [0.2, 0.25) is 0 Å². The molecule has 0 unspecified atom stereocenters. The van der Waals surface area contributed by atoms with Crippen LogP contribution in [0.25, 0.3) is 11.1 Å². The van der Waals surface area contributed by atoms with Crippen LogP contribution in [0.3, 0.4) is 0 Å². The molecule has 140 valence electrons. The molecule has 2 aromatic rings. The number of carbonyl (C=O) groups excluding carboxylic acids is 2. The first-order valence-corrected chi connectivity index (χ1v) is 8.86. The van der Waals surface area contributed by atoms with Gasteiger partial charge in [0.25, 0.3) is 5.91 Å². The lowest BCUT2D eigenvalue weighted by Gasteiger charge is -2.27. The number of oxazole rings is 1. The zero-order valence-corrected chi connectivity index (χ0v) is 15.1. The van der Waals surface area contributed by atoms with E-state index in [4.69, 9.17) is 4.42 Å². The fourth-order valence-corrected chi connectivity index (χ4v) is 2.92. The highest BCUT2D eigenvalue weighted by molar-refractivity contribution is 5.97. The Bertz CT molecular complexity index is 862. The smallest absolute Gasteiger partial charge is 0.408 e. The van der Waals surface area contributed by atoms with Gasteiger partial charge in [0.2, 0.25) is 5.91 Å². The number of fused-ring (bicyclic) bond motifs is 1. The molecule has 3 rings (SSSR count). The van der Waals surface area contributed by atoms with Crippen molar-refractivity contribution < 1.29 is 14.0 Å². The molecule has 0 saturated carbocycles. The first-order valence-electron chi connectivity index (χ1n) is 8.86. The molecule has 2 amide bonds. The number of aromatic nitrogens is 1. The Morgan fingerprint density at radius 1 is 1.27 bits per heavy atom. The van der Waals surface area contributed by atoms with Crippen LogP contribution in [-0.2, 0) is 11.3 Å². The summed E-state index contributed by atoms with van der Waals surface area (Å²) in [6, 6.07) is 4.90. The van der Waals surface area contributed by atoms with Gasteiger partial charge in [-0.25, -0.2) is 4.79 Å². The number of piperazine rings is 1. The zero-order chi connectivity index (χ0) is 18.7. The second kappa shape index (κ2) is 7.74. The van der Waals surface area contributed by atoms with E-state index in [1.54, 1.807) is 23.1 Å². The molecule has 8 heteroatoms. The fourth-order valence-electron chi connectivity index (χ4n) is 2.92. The number of nitrogens with zero attached hydrogens (tertiary/aromatic N) is 2. The Kier molecular flexibility index (Phi) is 5.41. The van der Waals surface area contributed by atoms with E-state index in [1.807, 2.05) is 13.8 Å². The first-order chi connectivity index (χ1) is 12.5. The van der Waals surface area contributed by atoms with E-state index in [0.717, 1.165) is 13.1 Å². The highest BCUT2D eigenvalue weighted by Gasteiger charge is 2.20. The minimum Gasteiger partial charge on any atom is -0.408 e. The van der Waals surface area contributed by atoms with E-state index < -0.39 is 5.76 Å². The van der Waals surface area contributed by atoms with Crippen molar-refractivity contribution >= 4 is 22.9 Å². The van der Waals surface area contributed by atoms with Crippen molar-refractivity contribution in [2.24, 2.45) is 5.92 Å². The molecule has 1 aliphatic heterocycles. The molecular weight excluding hydrogens is 336 g/mol. The van der Waals surface area contributed by atoms with Gasteiger partial charge >= 0.3 is 5.76 Å². The standard InChI is InChI=1S/C18H24N4O4/c1-12(2)10-20-16(23)11-22-14-4-3-13(9-15(14)26-18(22)25)17(24)21-7-5-19-6-8-21/h3-4,9,12,19H,5-8,10-11H2,1-2H3,(H,20,23). The van der Waals surface area contributed by atoms with Gasteiger partial charge < -0.3 is 20.0 Å². The van der Waals surface area contributed by atoms with Crippen molar-refractivity contribution in [3.05, 3.63) is 34.3 Å². The molecule has 0 spiro atoms. The maximum atomic E-state index is 12.6. The SMILES string of the molecule is CC(C)CNC(=O)Cn1c(=O)oc2cc(C(=O)N3CCNCC3)ccc21. The molecule has 1 fully saturated rings. The van der Waals surface area contributed by atoms with Gasteiger partial charge in [0.1, 0.15) is 6.54 Å². The van der Waals surface area contributed by atoms with Crippen molar-refractivity contribution in [1.29, 1.82) is 0 Å². The van der Waals surface area contributed by atoms with Gasteiger partial charge in [-0.1, -0.05) is 13.8 Å². The van der Waals surface area contributed by atoms with Crippen LogP contribution in [0.15, 0.2) is 27.4 Å². The van der Waals surface area contributed by atoms with E-state index >= 15 is 0 Å². The lowest BCUT2D eigenvalue weighted by molar-refractivity contribution is -0.121. The van der Waals surface area contributed by atoms with Gasteiger partial charge in [-0.05, 0) is 24.1 Å². The normalized spacial score (nSPS) is 14.8. The minimum absolute atomic E-state index is 0.0847. The Hall–Kier alpha value is -2.61. The number of amides is 2. The van der Waals surface area contributed by atoms with E-state index in [1.165, 1.54) is 4.57 Å². The van der Waals surface area contributed by atoms with Crippen LogP contribution in [0.1, 0.15) is 24.2 Å². The molecule has 1 saturated heterocycles. The maximum Gasteiger partial charge on any atom is 0.420 e. The van der Waals surface area contributed by atoms with Crippen LogP contribution >= 0.6 is 0 Å². The Morgan fingerprint density at radius 3 is 2.69 bits per heavy atom. The summed E-state index contributed by atoms with van der Waals surface area (Å²) in [5, 5.41) is 5.98. The quantitative estimate of drug-likeness (QED) is 0.805. The predicted molar refractivity (Wildman–Crippen MR) is 97.1 cm³/mol. The second-order valence-electron chi connectivity index (χ2n) is 6.88. The van der Waals surface area contributed by atoms with Gasteiger partial charge in [-0.15, -0.1) is 0 Å². The number of benzene rings is 1. The number of hydrogen-bond donors (Lipinski definition) is 2. The molecular formula is C18H24N4O4. The summed E-state index contributed by atoms with van der Waals surface area (Å²) in [7, 11) is 0. The van der Waals surface area contributed by atoms with E-state index in [2.05, 4.69) is 10.6 Å². The molecule has 1 aliphatic rings. The van der Waals surface area contributed by atoms with Crippen LogP contribution in [-0.4, -0.2) is 54.0 Å². The van der Waals surface area contributed by atoms with Crippen molar-refractivity contribution in [2.45, 2.75) is 20.4 Å². The third-order valence-electron chi connectivity index (χ3n) is 4.33. The Balaban J connectivity index is 1.80. The van der Waals surface area contributed by atoms with Crippen molar-refractivity contribution in [3.63, 3.8) is 0 Å². The van der Waals surface area contributed by atoms with Crippen LogP contribution in [0.5, 0.6) is 0 Å². The summed E-state index contributed by atoms with van der Waals surface area (Å²) in [6.45, 7) is 7.27. The van der Waals surface area contributed by atoms with E-state index in [9.17, 15) is 14.4 Å². The molecule has 0 bridgehead atoms. The van der Waals surface area contributed by atoms with Crippen molar-refractivity contribution in [2.75, 3.05) is 32.7 Å². The Morgan fingerprint density at radius 2 is 2.00 bits per heavy atom. The average Bonchev–Trinajstić information content (AvgIpc) is 2.94. The van der Waals surface area contributed by atoms with Gasteiger partial charge in [0.15, 0.2) is 5.58 Å². The summed E-state index contributed by atoms with van der Waals surface area (Å²) < 4.78 is 6.53. The van der Waals surface area contributed by atoms with Gasteiger partial charge in [0.05, 0.1) is 5.52 Å². The summed E-state index contributed by atoms with van der Waals surface area (Å²) in [6.07, 6.45) is 0. The second-order valence-corrected chi connectivity index (χ2v) is 6.88. The zero-order valence-electron chi connectivity index (χ0n) is 15.1. The van der Waals surface area contributed by atoms with Gasteiger partial charge in [-0.3, -0.25) is 14.2 Å². The fraction of sp³-hybridized carbons (Fsp3) is 0.500. The molecule has 26 heavy (non-hydrogen) atoms. The third-order valence-corrected chi connectivity index (χ3v) is 4.33. The highest BCUT2D eigenvalue weighted by Crippen LogP contribution is 2.17. The number of carbonyl (C=O) groups is 2. The Labute approximate surface area is 151 Å². The predicted octanol–water partition coefficient (Wildman–Crippen LogP) is 0.412. The largest absolute Gasteiger partial charge is 0.420 e. The number of hydrogen-bond acceptors (Lipinski definition) is 5. The summed E-state index contributed by atoms with van der Waals surface area (Å²) >= 11 is 0.